The Balaban J connectivity index is 2.26. The van der Waals surface area contributed by atoms with E-state index in [1.807, 2.05) is 30.3 Å². The largest absolute Gasteiger partial charge is 0.323 e. The van der Waals surface area contributed by atoms with Crippen LogP contribution in [0.5, 0.6) is 0 Å². The average Bonchev–Trinajstić information content (AvgIpc) is 2.55. The van der Waals surface area contributed by atoms with Gasteiger partial charge in [0.25, 0.3) is 5.91 Å². The van der Waals surface area contributed by atoms with Crippen molar-refractivity contribution in [3.63, 3.8) is 0 Å². The van der Waals surface area contributed by atoms with E-state index in [1.54, 1.807) is 6.08 Å². The van der Waals surface area contributed by atoms with Gasteiger partial charge in [-0.3, -0.25) is 10.1 Å². The lowest BCUT2D eigenvalue weighted by Crippen LogP contribution is -2.48. The van der Waals surface area contributed by atoms with Crippen molar-refractivity contribution >= 4 is 11.9 Å². The smallest absolute Gasteiger partial charge is 0.322 e. The van der Waals surface area contributed by atoms with Gasteiger partial charge in [-0.2, -0.15) is 0 Å². The molecule has 1 aromatic rings. The summed E-state index contributed by atoms with van der Waals surface area (Å²) in [6.45, 7) is 3.64. The summed E-state index contributed by atoms with van der Waals surface area (Å²) in [6.07, 6.45) is 2.53. The van der Waals surface area contributed by atoms with Crippen LogP contribution in [0.1, 0.15) is 12.0 Å². The zero-order chi connectivity index (χ0) is 12.3. The van der Waals surface area contributed by atoms with Crippen LogP contribution in [0.15, 0.2) is 43.0 Å². The summed E-state index contributed by atoms with van der Waals surface area (Å²) in [7, 11) is 0. The molecule has 1 fully saturated rings. The first-order valence-corrected chi connectivity index (χ1v) is 5.45. The summed E-state index contributed by atoms with van der Waals surface area (Å²) in [5.74, 6) is -0.286. The van der Waals surface area contributed by atoms with Crippen LogP contribution in [0.25, 0.3) is 0 Å². The Morgan fingerprint density at radius 2 is 1.94 bits per heavy atom. The molecule has 0 spiro atoms. The van der Waals surface area contributed by atoms with Crippen molar-refractivity contribution < 1.29 is 9.59 Å². The van der Waals surface area contributed by atoms with Crippen molar-refractivity contribution in [1.29, 1.82) is 0 Å². The van der Waals surface area contributed by atoms with Gasteiger partial charge in [-0.25, -0.2) is 4.79 Å². The van der Waals surface area contributed by atoms with E-state index in [0.717, 1.165) is 5.56 Å². The van der Waals surface area contributed by atoms with Gasteiger partial charge in [-0.15, -0.1) is 6.58 Å². The molecular weight excluding hydrogens is 216 g/mol. The summed E-state index contributed by atoms with van der Waals surface area (Å²) in [5.41, 5.74) is 0.118. The molecule has 0 saturated carbocycles. The fraction of sp³-hybridized carbons (Fsp3) is 0.231. The van der Waals surface area contributed by atoms with E-state index in [9.17, 15) is 9.59 Å². The number of amides is 3. The van der Waals surface area contributed by atoms with Gasteiger partial charge in [0.15, 0.2) is 0 Å². The lowest BCUT2D eigenvalue weighted by molar-refractivity contribution is -0.123. The van der Waals surface area contributed by atoms with Crippen molar-refractivity contribution in [2.24, 2.45) is 0 Å². The van der Waals surface area contributed by atoms with Crippen LogP contribution in [0.4, 0.5) is 4.79 Å². The third kappa shape index (κ3) is 2.20. The van der Waals surface area contributed by atoms with Gasteiger partial charge in [0.05, 0.1) is 0 Å². The fourth-order valence-corrected chi connectivity index (χ4v) is 2.06. The molecule has 0 radical (unpaired) electrons. The lowest BCUT2D eigenvalue weighted by atomic mass is 9.88. The van der Waals surface area contributed by atoms with E-state index in [0.29, 0.717) is 12.8 Å². The van der Waals surface area contributed by atoms with Crippen LogP contribution in [0.3, 0.4) is 0 Å². The molecule has 88 valence electrons. The van der Waals surface area contributed by atoms with Crippen LogP contribution in [0, 0.1) is 0 Å². The van der Waals surface area contributed by atoms with Gasteiger partial charge in [0.1, 0.15) is 5.54 Å². The van der Waals surface area contributed by atoms with Crippen LogP contribution < -0.4 is 10.6 Å². The molecule has 1 aliphatic heterocycles. The molecule has 1 heterocycles. The highest BCUT2D eigenvalue weighted by atomic mass is 16.2. The predicted molar refractivity (Wildman–Crippen MR) is 64.4 cm³/mol. The Hall–Kier alpha value is -2.10. The zero-order valence-corrected chi connectivity index (χ0v) is 9.40. The maximum absolute atomic E-state index is 11.9. The molecule has 1 atom stereocenters. The summed E-state index contributed by atoms with van der Waals surface area (Å²) < 4.78 is 0. The minimum atomic E-state index is -0.889. The third-order valence-electron chi connectivity index (χ3n) is 2.86. The summed E-state index contributed by atoms with van der Waals surface area (Å²) in [4.78, 5) is 23.1. The van der Waals surface area contributed by atoms with E-state index in [2.05, 4.69) is 17.2 Å². The van der Waals surface area contributed by atoms with E-state index in [4.69, 9.17) is 0 Å². The monoisotopic (exact) mass is 230 g/mol. The SMILES string of the molecule is C=CCC1(Cc2ccccc2)NC(=O)NC1=O. The van der Waals surface area contributed by atoms with Crippen LogP contribution in [-0.4, -0.2) is 17.5 Å². The van der Waals surface area contributed by atoms with Gasteiger partial charge < -0.3 is 5.32 Å². The summed E-state index contributed by atoms with van der Waals surface area (Å²) in [5, 5.41) is 4.97. The molecule has 0 aromatic heterocycles. The highest BCUT2D eigenvalue weighted by Gasteiger charge is 2.44. The first kappa shape index (κ1) is 11.4. The number of carbonyl (C=O) groups excluding carboxylic acids is 2. The number of imide groups is 1. The van der Waals surface area contributed by atoms with Gasteiger partial charge in [0, 0.05) is 6.42 Å². The third-order valence-corrected chi connectivity index (χ3v) is 2.86. The molecule has 17 heavy (non-hydrogen) atoms. The highest BCUT2D eigenvalue weighted by molar-refractivity contribution is 6.07. The van der Waals surface area contributed by atoms with E-state index in [-0.39, 0.29) is 5.91 Å². The molecule has 2 rings (SSSR count). The van der Waals surface area contributed by atoms with Crippen molar-refractivity contribution in [3.05, 3.63) is 48.6 Å². The molecule has 3 amide bonds. The second kappa shape index (κ2) is 4.41. The zero-order valence-electron chi connectivity index (χ0n) is 9.40. The topological polar surface area (TPSA) is 58.2 Å². The number of carbonyl (C=O) groups is 2. The van der Waals surface area contributed by atoms with E-state index >= 15 is 0 Å². The van der Waals surface area contributed by atoms with E-state index < -0.39 is 11.6 Å². The minimum absolute atomic E-state index is 0.286. The fourth-order valence-electron chi connectivity index (χ4n) is 2.06. The minimum Gasteiger partial charge on any atom is -0.323 e. The maximum Gasteiger partial charge on any atom is 0.322 e. The number of benzene rings is 1. The number of hydrogen-bond acceptors (Lipinski definition) is 2. The molecule has 1 unspecified atom stereocenters. The van der Waals surface area contributed by atoms with E-state index in [1.165, 1.54) is 0 Å². The molecule has 1 saturated heterocycles. The number of rotatable bonds is 4. The molecule has 0 aliphatic carbocycles. The Bertz CT molecular complexity index is 456. The Morgan fingerprint density at radius 3 is 2.47 bits per heavy atom. The average molecular weight is 230 g/mol. The molecule has 1 aromatic carbocycles. The molecular formula is C13H14N2O2. The predicted octanol–water partition coefficient (Wildman–Crippen LogP) is 1.38. The Morgan fingerprint density at radius 1 is 1.24 bits per heavy atom. The lowest BCUT2D eigenvalue weighted by Gasteiger charge is -2.24. The van der Waals surface area contributed by atoms with Crippen LogP contribution in [-0.2, 0) is 11.2 Å². The quantitative estimate of drug-likeness (QED) is 0.606. The summed E-state index contributed by atoms with van der Waals surface area (Å²) >= 11 is 0. The Kier molecular flexibility index (Phi) is 2.95. The number of hydrogen-bond donors (Lipinski definition) is 2. The number of nitrogens with one attached hydrogen (secondary N) is 2. The van der Waals surface area contributed by atoms with Crippen molar-refractivity contribution in [3.8, 4) is 0 Å². The number of urea groups is 1. The highest BCUT2D eigenvalue weighted by Crippen LogP contribution is 2.21. The Labute approximate surface area is 99.7 Å². The normalized spacial score (nSPS) is 23.1. The molecule has 1 aliphatic rings. The first-order valence-electron chi connectivity index (χ1n) is 5.45. The second-order valence-electron chi connectivity index (χ2n) is 4.15. The molecule has 4 nitrogen and oxygen atoms in total. The van der Waals surface area contributed by atoms with Gasteiger partial charge >= 0.3 is 6.03 Å². The summed E-state index contributed by atoms with van der Waals surface area (Å²) in [6, 6.07) is 9.16. The van der Waals surface area contributed by atoms with Crippen molar-refractivity contribution in [2.45, 2.75) is 18.4 Å². The van der Waals surface area contributed by atoms with Gasteiger partial charge in [-0.1, -0.05) is 36.4 Å². The van der Waals surface area contributed by atoms with Crippen molar-refractivity contribution in [2.75, 3.05) is 0 Å². The standard InChI is InChI=1S/C13H14N2O2/c1-2-8-13(11(16)14-12(17)15-13)9-10-6-4-3-5-7-10/h2-7H,1,8-9H2,(H2,14,15,16,17). The molecule has 4 heteroatoms. The van der Waals surface area contributed by atoms with Crippen LogP contribution in [0.2, 0.25) is 0 Å². The molecule has 2 N–H and O–H groups in total. The van der Waals surface area contributed by atoms with Gasteiger partial charge in [0.2, 0.25) is 0 Å². The first-order chi connectivity index (χ1) is 8.16. The molecule has 0 bridgehead atoms. The second-order valence-corrected chi connectivity index (χ2v) is 4.15. The van der Waals surface area contributed by atoms with Crippen molar-refractivity contribution in [1.82, 2.24) is 10.6 Å². The van der Waals surface area contributed by atoms with Crippen LogP contribution >= 0.6 is 0 Å². The van der Waals surface area contributed by atoms with Gasteiger partial charge in [-0.05, 0) is 12.0 Å². The maximum atomic E-state index is 11.9.